The maximum Gasteiger partial charge on any atom is 0.138 e. The number of rotatable bonds is 6. The highest BCUT2D eigenvalue weighted by Gasteiger charge is 2.05. The molecule has 1 N–H and O–H groups in total. The van der Waals surface area contributed by atoms with Crippen LogP contribution in [0.4, 0.5) is 10.1 Å². The minimum Gasteiger partial charge on any atom is -0.487 e. The molecular formula is C22H21ClFNO. The zero-order chi connectivity index (χ0) is 18.5. The molecule has 0 aliphatic carbocycles. The molecule has 0 aliphatic rings. The molecule has 0 unspecified atom stereocenters. The molecular weight excluding hydrogens is 349 g/mol. The van der Waals surface area contributed by atoms with Gasteiger partial charge < -0.3 is 10.1 Å². The van der Waals surface area contributed by atoms with Crippen molar-refractivity contribution in [2.75, 3.05) is 5.32 Å². The minimum absolute atomic E-state index is 0.273. The number of ether oxygens (including phenoxy) is 1. The second-order valence-electron chi connectivity index (χ2n) is 6.36. The topological polar surface area (TPSA) is 21.3 Å². The molecule has 0 aromatic heterocycles. The van der Waals surface area contributed by atoms with Gasteiger partial charge >= 0.3 is 0 Å². The van der Waals surface area contributed by atoms with Gasteiger partial charge in [-0.3, -0.25) is 0 Å². The van der Waals surface area contributed by atoms with Gasteiger partial charge in [-0.05, 0) is 60.9 Å². The first-order valence-electron chi connectivity index (χ1n) is 8.48. The Labute approximate surface area is 158 Å². The largest absolute Gasteiger partial charge is 0.487 e. The monoisotopic (exact) mass is 369 g/mol. The first-order chi connectivity index (χ1) is 12.5. The number of benzene rings is 3. The minimum atomic E-state index is -0.273. The van der Waals surface area contributed by atoms with Gasteiger partial charge in [-0.15, -0.1) is 0 Å². The van der Waals surface area contributed by atoms with Gasteiger partial charge in [-0.25, -0.2) is 4.39 Å². The molecule has 0 spiro atoms. The predicted molar refractivity (Wildman–Crippen MR) is 105 cm³/mol. The maximum absolute atomic E-state index is 13.2. The molecule has 26 heavy (non-hydrogen) atoms. The van der Waals surface area contributed by atoms with E-state index in [2.05, 4.69) is 37.4 Å². The van der Waals surface area contributed by atoms with Crippen LogP contribution in [0, 0.1) is 19.7 Å². The average Bonchev–Trinajstić information content (AvgIpc) is 2.60. The predicted octanol–water partition coefficient (Wildman–Crippen LogP) is 6.29. The average molecular weight is 370 g/mol. The standard InChI is InChI=1S/C22H21ClFNO/c1-15-6-8-21(16(2)10-15)25-13-17-7-9-22(20(23)12-17)26-14-18-4-3-5-19(24)11-18/h3-12,25H,13-14H2,1-2H3. The SMILES string of the molecule is Cc1ccc(NCc2ccc(OCc3cccc(F)c3)c(Cl)c2)c(C)c1. The second kappa shape index (κ2) is 8.24. The maximum atomic E-state index is 13.2. The zero-order valence-corrected chi connectivity index (χ0v) is 15.6. The van der Waals surface area contributed by atoms with Gasteiger partial charge in [0.1, 0.15) is 18.2 Å². The van der Waals surface area contributed by atoms with Crippen LogP contribution in [0.2, 0.25) is 5.02 Å². The van der Waals surface area contributed by atoms with Gasteiger partial charge in [0.25, 0.3) is 0 Å². The highest BCUT2D eigenvalue weighted by Crippen LogP contribution is 2.27. The second-order valence-corrected chi connectivity index (χ2v) is 6.76. The number of hydrogen-bond donors (Lipinski definition) is 1. The molecule has 0 saturated heterocycles. The molecule has 3 rings (SSSR count). The molecule has 3 aromatic carbocycles. The fourth-order valence-electron chi connectivity index (χ4n) is 2.77. The molecule has 134 valence electrons. The van der Waals surface area contributed by atoms with Crippen molar-refractivity contribution in [1.82, 2.24) is 0 Å². The Morgan fingerprint density at radius 2 is 1.81 bits per heavy atom. The summed E-state index contributed by atoms with van der Waals surface area (Å²) in [7, 11) is 0. The Bertz CT molecular complexity index is 910. The van der Waals surface area contributed by atoms with Gasteiger partial charge in [0.05, 0.1) is 5.02 Å². The molecule has 0 heterocycles. The Kier molecular flexibility index (Phi) is 5.79. The van der Waals surface area contributed by atoms with Crippen LogP contribution >= 0.6 is 11.6 Å². The van der Waals surface area contributed by atoms with Crippen molar-refractivity contribution >= 4 is 17.3 Å². The third-order valence-corrected chi connectivity index (χ3v) is 4.44. The molecule has 0 saturated carbocycles. The number of halogens is 2. The third kappa shape index (κ3) is 4.77. The molecule has 0 bridgehead atoms. The van der Waals surface area contributed by atoms with E-state index < -0.39 is 0 Å². The Balaban J connectivity index is 1.61. The number of anilines is 1. The van der Waals surface area contributed by atoms with E-state index in [-0.39, 0.29) is 12.4 Å². The summed E-state index contributed by atoms with van der Waals surface area (Å²) in [4.78, 5) is 0. The molecule has 0 atom stereocenters. The van der Waals surface area contributed by atoms with Gasteiger partial charge in [-0.1, -0.05) is 47.5 Å². The Morgan fingerprint density at radius 1 is 0.962 bits per heavy atom. The zero-order valence-electron chi connectivity index (χ0n) is 14.9. The molecule has 0 aliphatic heterocycles. The third-order valence-electron chi connectivity index (χ3n) is 4.14. The van der Waals surface area contributed by atoms with E-state index >= 15 is 0 Å². The van der Waals surface area contributed by atoms with Crippen molar-refractivity contribution in [2.24, 2.45) is 0 Å². The van der Waals surface area contributed by atoms with E-state index in [1.807, 2.05) is 24.3 Å². The van der Waals surface area contributed by atoms with Gasteiger partial charge in [0.2, 0.25) is 0 Å². The summed E-state index contributed by atoms with van der Waals surface area (Å²) in [6, 6.07) is 18.4. The van der Waals surface area contributed by atoms with Crippen molar-refractivity contribution in [3.05, 3.63) is 93.8 Å². The lowest BCUT2D eigenvalue weighted by Gasteiger charge is -2.12. The van der Waals surface area contributed by atoms with Crippen LogP contribution in [0.25, 0.3) is 0 Å². The Morgan fingerprint density at radius 3 is 2.54 bits per heavy atom. The van der Waals surface area contributed by atoms with Crippen LogP contribution in [0.15, 0.2) is 60.7 Å². The normalized spacial score (nSPS) is 10.6. The lowest BCUT2D eigenvalue weighted by atomic mass is 10.1. The number of nitrogens with one attached hydrogen (secondary N) is 1. The van der Waals surface area contributed by atoms with Crippen molar-refractivity contribution in [3.63, 3.8) is 0 Å². The molecule has 3 aromatic rings. The summed E-state index contributed by atoms with van der Waals surface area (Å²) >= 11 is 6.33. The molecule has 4 heteroatoms. The summed E-state index contributed by atoms with van der Waals surface area (Å²) in [5.74, 6) is 0.316. The van der Waals surface area contributed by atoms with Crippen molar-refractivity contribution in [1.29, 1.82) is 0 Å². The number of hydrogen-bond acceptors (Lipinski definition) is 2. The van der Waals surface area contributed by atoms with Crippen LogP contribution in [-0.4, -0.2) is 0 Å². The lowest BCUT2D eigenvalue weighted by Crippen LogP contribution is -2.02. The van der Waals surface area contributed by atoms with E-state index in [4.69, 9.17) is 16.3 Å². The molecule has 0 fully saturated rings. The van der Waals surface area contributed by atoms with E-state index in [0.717, 1.165) is 16.8 Å². The summed E-state index contributed by atoms with van der Waals surface area (Å²) < 4.78 is 18.9. The van der Waals surface area contributed by atoms with Crippen LogP contribution < -0.4 is 10.1 Å². The first-order valence-corrected chi connectivity index (χ1v) is 8.86. The molecule has 0 amide bonds. The smallest absolute Gasteiger partial charge is 0.138 e. The van der Waals surface area contributed by atoms with Gasteiger partial charge in [-0.2, -0.15) is 0 Å². The fourth-order valence-corrected chi connectivity index (χ4v) is 3.03. The van der Waals surface area contributed by atoms with E-state index in [1.54, 1.807) is 6.07 Å². The molecule has 0 radical (unpaired) electrons. The van der Waals surface area contributed by atoms with Crippen molar-refractivity contribution in [2.45, 2.75) is 27.0 Å². The van der Waals surface area contributed by atoms with E-state index in [0.29, 0.717) is 17.3 Å². The van der Waals surface area contributed by atoms with E-state index in [1.165, 1.54) is 23.3 Å². The lowest BCUT2D eigenvalue weighted by molar-refractivity contribution is 0.305. The quantitative estimate of drug-likeness (QED) is 0.551. The van der Waals surface area contributed by atoms with Crippen LogP contribution in [-0.2, 0) is 13.2 Å². The first kappa shape index (κ1) is 18.3. The highest BCUT2D eigenvalue weighted by atomic mass is 35.5. The molecule has 2 nitrogen and oxygen atoms in total. The summed E-state index contributed by atoms with van der Waals surface area (Å²) in [6.45, 7) is 5.12. The summed E-state index contributed by atoms with van der Waals surface area (Å²) in [5, 5.41) is 3.97. The van der Waals surface area contributed by atoms with Crippen molar-refractivity contribution < 1.29 is 9.13 Å². The van der Waals surface area contributed by atoms with Gasteiger partial charge in [0, 0.05) is 12.2 Å². The van der Waals surface area contributed by atoms with Gasteiger partial charge in [0.15, 0.2) is 0 Å². The summed E-state index contributed by atoms with van der Waals surface area (Å²) in [5.41, 5.74) is 5.40. The van der Waals surface area contributed by atoms with E-state index in [9.17, 15) is 4.39 Å². The van der Waals surface area contributed by atoms with Crippen LogP contribution in [0.1, 0.15) is 22.3 Å². The van der Waals surface area contributed by atoms with Crippen LogP contribution in [0.3, 0.4) is 0 Å². The fraction of sp³-hybridized carbons (Fsp3) is 0.182. The Hall–Kier alpha value is -2.52. The highest BCUT2D eigenvalue weighted by molar-refractivity contribution is 6.32. The number of aryl methyl sites for hydroxylation is 2. The van der Waals surface area contributed by atoms with Crippen LogP contribution in [0.5, 0.6) is 5.75 Å². The summed E-state index contributed by atoms with van der Waals surface area (Å²) in [6.07, 6.45) is 0. The van der Waals surface area contributed by atoms with Crippen molar-refractivity contribution in [3.8, 4) is 5.75 Å².